The standard InChI is InChI=1S/C13H11IN2O4/c1-7(4-12(18)19)16-11(17)6-15-10-3-2-8(14)5-9(10)13(16)20/h2-3,5-7H,4H2,1H3,(H,18,19). The molecule has 2 rings (SSSR count). The number of hydrogen-bond acceptors (Lipinski definition) is 4. The van der Waals surface area contributed by atoms with Crippen LogP contribution in [0.1, 0.15) is 19.4 Å². The summed E-state index contributed by atoms with van der Waals surface area (Å²) in [4.78, 5) is 39.2. The number of rotatable bonds is 3. The summed E-state index contributed by atoms with van der Waals surface area (Å²) in [5.41, 5.74) is -0.710. The van der Waals surface area contributed by atoms with Crippen LogP contribution in [0.2, 0.25) is 0 Å². The summed E-state index contributed by atoms with van der Waals surface area (Å²) in [5.74, 6) is -1.07. The first-order valence-corrected chi connectivity index (χ1v) is 6.91. The summed E-state index contributed by atoms with van der Waals surface area (Å²) >= 11 is 2.06. The van der Waals surface area contributed by atoms with E-state index in [1.54, 1.807) is 18.2 Å². The van der Waals surface area contributed by atoms with Gasteiger partial charge in [0.25, 0.3) is 11.1 Å². The highest BCUT2D eigenvalue weighted by molar-refractivity contribution is 14.1. The van der Waals surface area contributed by atoms with Crippen molar-refractivity contribution < 1.29 is 9.90 Å². The summed E-state index contributed by atoms with van der Waals surface area (Å²) < 4.78 is 1.78. The molecule has 0 fully saturated rings. The Morgan fingerprint density at radius 1 is 1.45 bits per heavy atom. The minimum Gasteiger partial charge on any atom is -0.481 e. The van der Waals surface area contributed by atoms with Crippen molar-refractivity contribution in [3.05, 3.63) is 48.7 Å². The Kier molecular flexibility index (Phi) is 4.17. The van der Waals surface area contributed by atoms with Crippen molar-refractivity contribution in [3.63, 3.8) is 0 Å². The van der Waals surface area contributed by atoms with Gasteiger partial charge in [-0.3, -0.25) is 23.9 Å². The van der Waals surface area contributed by atoms with Gasteiger partial charge in [0.1, 0.15) is 0 Å². The van der Waals surface area contributed by atoms with Gasteiger partial charge in [0.2, 0.25) is 0 Å². The van der Waals surface area contributed by atoms with Gasteiger partial charge in [0.15, 0.2) is 0 Å². The Balaban J connectivity index is 2.81. The Labute approximate surface area is 127 Å². The van der Waals surface area contributed by atoms with Crippen LogP contribution >= 0.6 is 22.6 Å². The molecule has 1 N–H and O–H groups in total. The van der Waals surface area contributed by atoms with Crippen LogP contribution in [0.15, 0.2) is 34.0 Å². The normalized spacial score (nSPS) is 12.3. The lowest BCUT2D eigenvalue weighted by atomic mass is 10.2. The lowest BCUT2D eigenvalue weighted by molar-refractivity contribution is -0.137. The highest BCUT2D eigenvalue weighted by atomic mass is 127. The van der Waals surface area contributed by atoms with Crippen LogP contribution in [0, 0.1) is 3.57 Å². The van der Waals surface area contributed by atoms with Gasteiger partial charge in [0.05, 0.1) is 23.5 Å². The molecule has 0 aliphatic heterocycles. The van der Waals surface area contributed by atoms with Crippen LogP contribution in [0.3, 0.4) is 0 Å². The van der Waals surface area contributed by atoms with E-state index in [9.17, 15) is 14.4 Å². The average Bonchev–Trinajstić information content (AvgIpc) is 2.47. The van der Waals surface area contributed by atoms with Crippen molar-refractivity contribution in [2.45, 2.75) is 19.4 Å². The Morgan fingerprint density at radius 2 is 2.15 bits per heavy atom. The topological polar surface area (TPSA) is 89.3 Å². The highest BCUT2D eigenvalue weighted by Gasteiger charge is 2.15. The van der Waals surface area contributed by atoms with Crippen molar-refractivity contribution in [2.75, 3.05) is 0 Å². The number of nitrogens with zero attached hydrogens (tertiary/aromatic N) is 2. The van der Waals surface area contributed by atoms with Crippen molar-refractivity contribution in [2.24, 2.45) is 0 Å². The third-order valence-electron chi connectivity index (χ3n) is 2.87. The number of carboxylic acid groups (broad SMARTS) is 1. The minimum absolute atomic E-state index is 0.301. The number of aliphatic carboxylic acids is 1. The van der Waals surface area contributed by atoms with E-state index >= 15 is 0 Å². The van der Waals surface area contributed by atoms with Crippen molar-refractivity contribution >= 4 is 39.5 Å². The summed E-state index contributed by atoms with van der Waals surface area (Å²) in [6.07, 6.45) is 0.750. The van der Waals surface area contributed by atoms with Gasteiger partial charge in [0, 0.05) is 9.61 Å². The summed E-state index contributed by atoms with van der Waals surface area (Å²) in [6, 6.07) is 4.34. The molecule has 1 aromatic carbocycles. The zero-order chi connectivity index (χ0) is 14.9. The summed E-state index contributed by atoms with van der Waals surface area (Å²) in [5, 5.41) is 9.11. The molecule has 6 nitrogen and oxygen atoms in total. The number of fused-ring (bicyclic) bond motifs is 1. The van der Waals surface area contributed by atoms with E-state index in [4.69, 9.17) is 5.11 Å². The third-order valence-corrected chi connectivity index (χ3v) is 3.54. The molecule has 20 heavy (non-hydrogen) atoms. The SMILES string of the molecule is CC(CC(=O)O)n1c(=O)cnc2ccc(I)cc2c1=O. The number of hydrogen-bond donors (Lipinski definition) is 1. The number of aromatic nitrogens is 2. The average molecular weight is 386 g/mol. The van der Waals surface area contributed by atoms with Crippen molar-refractivity contribution in [1.29, 1.82) is 0 Å². The fraction of sp³-hybridized carbons (Fsp3) is 0.231. The van der Waals surface area contributed by atoms with E-state index in [-0.39, 0.29) is 6.42 Å². The zero-order valence-corrected chi connectivity index (χ0v) is 12.7. The monoisotopic (exact) mass is 386 g/mol. The molecule has 0 radical (unpaired) electrons. The first kappa shape index (κ1) is 14.6. The van der Waals surface area contributed by atoms with Gasteiger partial charge in [-0.2, -0.15) is 0 Å². The summed E-state index contributed by atoms with van der Waals surface area (Å²) in [7, 11) is 0. The van der Waals surface area contributed by atoms with Gasteiger partial charge < -0.3 is 5.11 Å². The lowest BCUT2D eigenvalue weighted by Crippen LogP contribution is -2.33. The van der Waals surface area contributed by atoms with Gasteiger partial charge in [-0.15, -0.1) is 0 Å². The smallest absolute Gasteiger partial charge is 0.305 e. The molecule has 1 heterocycles. The number of carboxylic acids is 1. The molecule has 0 saturated carbocycles. The number of carbonyl (C=O) groups is 1. The Hall–Kier alpha value is -1.77. The molecule has 1 unspecified atom stereocenters. The lowest BCUT2D eigenvalue weighted by Gasteiger charge is -2.09. The maximum Gasteiger partial charge on any atom is 0.305 e. The van der Waals surface area contributed by atoms with Crippen molar-refractivity contribution in [3.8, 4) is 0 Å². The number of benzene rings is 1. The Bertz CT molecular complexity index is 800. The van der Waals surface area contributed by atoms with E-state index in [2.05, 4.69) is 27.6 Å². The van der Waals surface area contributed by atoms with E-state index in [1.807, 2.05) is 0 Å². The van der Waals surface area contributed by atoms with Gasteiger partial charge in [-0.1, -0.05) is 0 Å². The molecule has 0 bridgehead atoms. The second-order valence-electron chi connectivity index (χ2n) is 4.38. The molecule has 1 atom stereocenters. The molecular formula is C13H11IN2O4. The van der Waals surface area contributed by atoms with Crippen LogP contribution in [0.4, 0.5) is 0 Å². The highest BCUT2D eigenvalue weighted by Crippen LogP contribution is 2.12. The minimum atomic E-state index is -1.07. The fourth-order valence-electron chi connectivity index (χ4n) is 1.97. The largest absolute Gasteiger partial charge is 0.481 e. The van der Waals surface area contributed by atoms with E-state index < -0.39 is 23.1 Å². The zero-order valence-electron chi connectivity index (χ0n) is 10.5. The molecule has 0 spiro atoms. The number of halogens is 1. The molecule has 0 aliphatic rings. The molecule has 0 saturated heterocycles. The maximum absolute atomic E-state index is 12.5. The van der Waals surface area contributed by atoms with Crippen LogP contribution < -0.4 is 11.1 Å². The molecule has 2 aromatic rings. The van der Waals surface area contributed by atoms with E-state index in [0.717, 1.165) is 14.3 Å². The Morgan fingerprint density at radius 3 is 2.80 bits per heavy atom. The van der Waals surface area contributed by atoms with Crippen LogP contribution in [-0.4, -0.2) is 20.6 Å². The maximum atomic E-state index is 12.5. The van der Waals surface area contributed by atoms with E-state index in [1.165, 1.54) is 6.92 Å². The van der Waals surface area contributed by atoms with Gasteiger partial charge in [-0.25, -0.2) is 0 Å². The fourth-order valence-corrected chi connectivity index (χ4v) is 2.46. The molecule has 0 aliphatic carbocycles. The summed E-state index contributed by atoms with van der Waals surface area (Å²) in [6.45, 7) is 1.52. The molecule has 0 amide bonds. The first-order chi connectivity index (χ1) is 9.40. The third kappa shape index (κ3) is 2.87. The first-order valence-electron chi connectivity index (χ1n) is 5.83. The molecule has 104 valence electrons. The molecule has 1 aromatic heterocycles. The van der Waals surface area contributed by atoms with Crippen molar-refractivity contribution in [1.82, 2.24) is 9.55 Å². The van der Waals surface area contributed by atoms with Gasteiger partial charge in [-0.05, 0) is 47.7 Å². The van der Waals surface area contributed by atoms with Crippen LogP contribution in [0.25, 0.3) is 10.9 Å². The van der Waals surface area contributed by atoms with Crippen LogP contribution in [0.5, 0.6) is 0 Å². The predicted octanol–water partition coefficient (Wildman–Crippen LogP) is 1.40. The molecule has 7 heteroatoms. The molecular weight excluding hydrogens is 375 g/mol. The van der Waals surface area contributed by atoms with E-state index in [0.29, 0.717) is 10.9 Å². The van der Waals surface area contributed by atoms with Crippen LogP contribution in [-0.2, 0) is 4.79 Å². The predicted molar refractivity (Wildman–Crippen MR) is 82.0 cm³/mol. The quantitative estimate of drug-likeness (QED) is 0.806. The van der Waals surface area contributed by atoms with Gasteiger partial charge >= 0.3 is 5.97 Å². The second kappa shape index (κ2) is 5.70. The second-order valence-corrected chi connectivity index (χ2v) is 5.63.